The van der Waals surface area contributed by atoms with E-state index in [4.69, 9.17) is 15.0 Å². The van der Waals surface area contributed by atoms with E-state index < -0.39 is 0 Å². The molecule has 0 fully saturated rings. The molecule has 0 aliphatic heterocycles. The molecule has 4 heteroatoms. The summed E-state index contributed by atoms with van der Waals surface area (Å²) in [5.74, 6) is 1.94. The fourth-order valence-electron chi connectivity index (χ4n) is 5.65. The van der Waals surface area contributed by atoms with Gasteiger partial charge in [0.25, 0.3) is 0 Å². The minimum atomic E-state index is 0.644. The summed E-state index contributed by atoms with van der Waals surface area (Å²) in [4.78, 5) is 16.4. The molecule has 0 unspecified atom stereocenters. The highest BCUT2D eigenvalue weighted by molar-refractivity contribution is 7.22. The van der Waals surface area contributed by atoms with Crippen LogP contribution in [-0.4, -0.2) is 15.0 Å². The number of fused-ring (bicyclic) bond motifs is 1. The minimum absolute atomic E-state index is 0.644. The topological polar surface area (TPSA) is 38.7 Å². The van der Waals surface area contributed by atoms with Gasteiger partial charge in [-0.05, 0) is 45.3 Å². The molecular weight excluding hydrogens is 567 g/mol. The molecule has 0 atom stereocenters. The van der Waals surface area contributed by atoms with Gasteiger partial charge in [-0.25, -0.2) is 15.0 Å². The van der Waals surface area contributed by atoms with Crippen molar-refractivity contribution in [3.05, 3.63) is 164 Å². The standard InChI is InChI=1S/C41H27N3S/c1-3-11-28(12-4-1)29-19-23-32(24-20-29)39-42-40(33-25-21-31(22-26-33)38-27-34-15-7-10-18-37(34)45-38)44-41(43-39)36-17-9-8-16-35(36)30-13-5-2-6-14-30/h1-27H. The Morgan fingerprint density at radius 3 is 1.44 bits per heavy atom. The number of hydrogen-bond acceptors (Lipinski definition) is 4. The molecular formula is C41H27N3S. The van der Waals surface area contributed by atoms with E-state index in [1.807, 2.05) is 29.5 Å². The molecule has 0 bridgehead atoms. The van der Waals surface area contributed by atoms with Crippen molar-refractivity contribution in [1.82, 2.24) is 15.0 Å². The van der Waals surface area contributed by atoms with Gasteiger partial charge in [0.1, 0.15) is 0 Å². The van der Waals surface area contributed by atoms with Crippen molar-refractivity contribution in [2.24, 2.45) is 0 Å². The number of hydrogen-bond donors (Lipinski definition) is 0. The Morgan fingerprint density at radius 2 is 0.800 bits per heavy atom. The number of aromatic nitrogens is 3. The van der Waals surface area contributed by atoms with Gasteiger partial charge < -0.3 is 0 Å². The summed E-state index contributed by atoms with van der Waals surface area (Å²) in [7, 11) is 0. The molecule has 212 valence electrons. The van der Waals surface area contributed by atoms with Crippen molar-refractivity contribution in [3.8, 4) is 66.9 Å². The molecule has 3 nitrogen and oxygen atoms in total. The maximum atomic E-state index is 5.07. The molecule has 45 heavy (non-hydrogen) atoms. The van der Waals surface area contributed by atoms with Crippen molar-refractivity contribution < 1.29 is 0 Å². The third kappa shape index (κ3) is 5.44. The van der Waals surface area contributed by atoms with Gasteiger partial charge in [0.05, 0.1) is 0 Å². The molecule has 8 rings (SSSR count). The van der Waals surface area contributed by atoms with Crippen LogP contribution in [0.15, 0.2) is 164 Å². The van der Waals surface area contributed by atoms with Crippen LogP contribution in [0.4, 0.5) is 0 Å². The normalized spacial score (nSPS) is 11.1. The predicted molar refractivity (Wildman–Crippen MR) is 188 cm³/mol. The Kier molecular flexibility index (Phi) is 7.02. The molecule has 0 amide bonds. The van der Waals surface area contributed by atoms with Crippen LogP contribution in [0.1, 0.15) is 0 Å². The minimum Gasteiger partial charge on any atom is -0.208 e. The first-order chi connectivity index (χ1) is 22.3. The Hall–Kier alpha value is -5.71. The first kappa shape index (κ1) is 26.9. The van der Waals surface area contributed by atoms with E-state index in [0.717, 1.165) is 33.4 Å². The zero-order valence-electron chi connectivity index (χ0n) is 24.3. The monoisotopic (exact) mass is 593 g/mol. The highest BCUT2D eigenvalue weighted by Gasteiger charge is 2.16. The summed E-state index contributed by atoms with van der Waals surface area (Å²) < 4.78 is 1.29. The summed E-state index contributed by atoms with van der Waals surface area (Å²) in [6, 6.07) is 56.9. The van der Waals surface area contributed by atoms with Crippen LogP contribution in [0.3, 0.4) is 0 Å². The van der Waals surface area contributed by atoms with Gasteiger partial charge in [0.2, 0.25) is 0 Å². The Balaban J connectivity index is 1.23. The van der Waals surface area contributed by atoms with E-state index in [9.17, 15) is 0 Å². The fraction of sp³-hybridized carbons (Fsp3) is 0. The zero-order chi connectivity index (χ0) is 30.0. The molecule has 0 saturated carbocycles. The number of benzene rings is 6. The average Bonchev–Trinajstić information content (AvgIpc) is 3.57. The van der Waals surface area contributed by atoms with Gasteiger partial charge >= 0.3 is 0 Å². The summed E-state index contributed by atoms with van der Waals surface area (Å²) in [5, 5.41) is 1.27. The lowest BCUT2D eigenvalue weighted by atomic mass is 9.99. The number of rotatable bonds is 6. The molecule has 0 aliphatic rings. The van der Waals surface area contributed by atoms with Crippen LogP contribution < -0.4 is 0 Å². The van der Waals surface area contributed by atoms with E-state index in [0.29, 0.717) is 17.5 Å². The van der Waals surface area contributed by atoms with Gasteiger partial charge in [-0.2, -0.15) is 0 Å². The number of nitrogens with zero attached hydrogens (tertiary/aromatic N) is 3. The predicted octanol–water partition coefficient (Wildman–Crippen LogP) is 11.1. The van der Waals surface area contributed by atoms with E-state index in [2.05, 4.69) is 146 Å². The molecule has 8 aromatic rings. The third-order valence-electron chi connectivity index (χ3n) is 7.99. The Morgan fingerprint density at radius 1 is 0.333 bits per heavy atom. The van der Waals surface area contributed by atoms with E-state index in [1.165, 1.54) is 26.1 Å². The molecule has 2 aromatic heterocycles. The van der Waals surface area contributed by atoms with Gasteiger partial charge in [-0.1, -0.05) is 152 Å². The first-order valence-electron chi connectivity index (χ1n) is 14.9. The maximum Gasteiger partial charge on any atom is 0.164 e. The van der Waals surface area contributed by atoms with Crippen molar-refractivity contribution in [2.75, 3.05) is 0 Å². The maximum absolute atomic E-state index is 5.07. The van der Waals surface area contributed by atoms with Crippen LogP contribution in [-0.2, 0) is 0 Å². The van der Waals surface area contributed by atoms with Gasteiger partial charge in [-0.15, -0.1) is 11.3 Å². The van der Waals surface area contributed by atoms with Crippen LogP contribution in [0.25, 0.3) is 76.9 Å². The van der Waals surface area contributed by atoms with Crippen molar-refractivity contribution in [3.63, 3.8) is 0 Å². The second-order valence-corrected chi connectivity index (χ2v) is 12.0. The Bertz CT molecular complexity index is 2210. The first-order valence-corrected chi connectivity index (χ1v) is 15.8. The second kappa shape index (κ2) is 11.8. The van der Waals surface area contributed by atoms with Crippen LogP contribution >= 0.6 is 11.3 Å². The Labute approximate surface area is 266 Å². The van der Waals surface area contributed by atoms with Gasteiger partial charge in [0, 0.05) is 26.3 Å². The number of thiophene rings is 1. The lowest BCUT2D eigenvalue weighted by Gasteiger charge is -2.12. The van der Waals surface area contributed by atoms with Crippen LogP contribution in [0.5, 0.6) is 0 Å². The van der Waals surface area contributed by atoms with E-state index in [-0.39, 0.29) is 0 Å². The fourth-order valence-corrected chi connectivity index (χ4v) is 6.72. The van der Waals surface area contributed by atoms with Crippen molar-refractivity contribution >= 4 is 21.4 Å². The third-order valence-corrected chi connectivity index (χ3v) is 9.16. The van der Waals surface area contributed by atoms with E-state index >= 15 is 0 Å². The summed E-state index contributed by atoms with van der Waals surface area (Å²) in [5.41, 5.74) is 8.58. The molecule has 2 heterocycles. The summed E-state index contributed by atoms with van der Waals surface area (Å²) >= 11 is 1.81. The molecule has 0 radical (unpaired) electrons. The molecule has 0 spiro atoms. The summed E-state index contributed by atoms with van der Waals surface area (Å²) in [6.07, 6.45) is 0. The highest BCUT2D eigenvalue weighted by atomic mass is 32.1. The molecule has 0 aliphatic carbocycles. The SMILES string of the molecule is c1ccc(-c2ccc(-c3nc(-c4ccc(-c5cc6ccccc6s5)cc4)nc(-c4ccccc4-c4ccccc4)n3)cc2)cc1. The highest BCUT2D eigenvalue weighted by Crippen LogP contribution is 2.36. The van der Waals surface area contributed by atoms with Gasteiger partial charge in [-0.3, -0.25) is 0 Å². The summed E-state index contributed by atoms with van der Waals surface area (Å²) in [6.45, 7) is 0. The largest absolute Gasteiger partial charge is 0.208 e. The quantitative estimate of drug-likeness (QED) is 0.192. The van der Waals surface area contributed by atoms with Crippen molar-refractivity contribution in [1.29, 1.82) is 0 Å². The smallest absolute Gasteiger partial charge is 0.164 e. The molecule has 6 aromatic carbocycles. The molecule has 0 saturated heterocycles. The van der Waals surface area contributed by atoms with Gasteiger partial charge in [0.15, 0.2) is 17.5 Å². The van der Waals surface area contributed by atoms with Crippen LogP contribution in [0, 0.1) is 0 Å². The van der Waals surface area contributed by atoms with Crippen molar-refractivity contribution in [2.45, 2.75) is 0 Å². The van der Waals surface area contributed by atoms with Crippen LogP contribution in [0.2, 0.25) is 0 Å². The lowest BCUT2D eigenvalue weighted by molar-refractivity contribution is 1.07. The lowest BCUT2D eigenvalue weighted by Crippen LogP contribution is -2.01. The average molecular weight is 594 g/mol. The van der Waals surface area contributed by atoms with E-state index in [1.54, 1.807) is 0 Å². The molecule has 0 N–H and O–H groups in total. The zero-order valence-corrected chi connectivity index (χ0v) is 25.2. The second-order valence-electron chi connectivity index (χ2n) is 10.9.